The molecule has 2 aliphatic heterocycles. The minimum atomic E-state index is -0.216. The van der Waals surface area contributed by atoms with E-state index in [0.29, 0.717) is 41.8 Å². The quantitative estimate of drug-likeness (QED) is 0.931. The Labute approximate surface area is 129 Å². The Bertz CT molecular complexity index is 539. The van der Waals surface area contributed by atoms with Gasteiger partial charge in [-0.05, 0) is 25.0 Å². The standard InChI is InChI=1S/C16H21ClFNO2/c1-11-2-3-14(17)13(15(11)18)7-19-6-12-8-21-5-4-16(12,9-19)10-20/h2-3,12,20H,4-10H2,1H3/t12-,16-/m1/s1. The number of nitrogens with zero attached hydrogens (tertiary/aromatic N) is 1. The molecule has 0 unspecified atom stereocenters. The summed E-state index contributed by atoms with van der Waals surface area (Å²) in [6.45, 7) is 5.39. The van der Waals surface area contributed by atoms with Crippen molar-refractivity contribution in [3.63, 3.8) is 0 Å². The van der Waals surface area contributed by atoms with Crippen molar-refractivity contribution < 1.29 is 14.2 Å². The molecule has 21 heavy (non-hydrogen) atoms. The molecule has 2 fully saturated rings. The molecule has 2 atom stereocenters. The molecule has 3 nitrogen and oxygen atoms in total. The van der Waals surface area contributed by atoms with Crippen LogP contribution in [0.25, 0.3) is 0 Å². The van der Waals surface area contributed by atoms with E-state index in [1.165, 1.54) is 0 Å². The van der Waals surface area contributed by atoms with E-state index < -0.39 is 0 Å². The Kier molecular flexibility index (Phi) is 4.23. The van der Waals surface area contributed by atoms with Crippen LogP contribution in [0.15, 0.2) is 12.1 Å². The van der Waals surface area contributed by atoms with Gasteiger partial charge in [-0.2, -0.15) is 0 Å². The Balaban J connectivity index is 1.80. The van der Waals surface area contributed by atoms with E-state index in [1.54, 1.807) is 19.1 Å². The zero-order valence-electron chi connectivity index (χ0n) is 12.2. The molecule has 0 amide bonds. The van der Waals surface area contributed by atoms with Crippen LogP contribution < -0.4 is 0 Å². The first-order valence-corrected chi connectivity index (χ1v) is 7.78. The Morgan fingerprint density at radius 2 is 2.33 bits per heavy atom. The third-order valence-electron chi connectivity index (χ3n) is 5.02. The molecule has 2 saturated heterocycles. The van der Waals surface area contributed by atoms with Gasteiger partial charge in [-0.25, -0.2) is 4.39 Å². The van der Waals surface area contributed by atoms with Gasteiger partial charge in [0.2, 0.25) is 0 Å². The summed E-state index contributed by atoms with van der Waals surface area (Å²) in [6, 6.07) is 3.46. The Morgan fingerprint density at radius 3 is 3.05 bits per heavy atom. The van der Waals surface area contributed by atoms with Crippen molar-refractivity contribution in [1.82, 2.24) is 4.90 Å². The third kappa shape index (κ3) is 2.70. The fourth-order valence-corrected chi connectivity index (χ4v) is 3.83. The van der Waals surface area contributed by atoms with E-state index in [4.69, 9.17) is 16.3 Å². The van der Waals surface area contributed by atoms with Crippen molar-refractivity contribution in [1.29, 1.82) is 0 Å². The van der Waals surface area contributed by atoms with Crippen molar-refractivity contribution in [2.24, 2.45) is 11.3 Å². The summed E-state index contributed by atoms with van der Waals surface area (Å²) in [5.74, 6) is 0.106. The smallest absolute Gasteiger partial charge is 0.132 e. The van der Waals surface area contributed by atoms with Crippen LogP contribution in [0.2, 0.25) is 5.02 Å². The largest absolute Gasteiger partial charge is 0.396 e. The second kappa shape index (κ2) is 5.84. The van der Waals surface area contributed by atoms with Gasteiger partial charge < -0.3 is 9.84 Å². The summed E-state index contributed by atoms with van der Waals surface area (Å²) < 4.78 is 19.8. The van der Waals surface area contributed by atoms with Crippen LogP contribution in [0.3, 0.4) is 0 Å². The molecule has 1 aromatic rings. The fourth-order valence-electron chi connectivity index (χ4n) is 3.62. The van der Waals surface area contributed by atoms with Crippen molar-refractivity contribution in [3.05, 3.63) is 34.1 Å². The lowest BCUT2D eigenvalue weighted by molar-refractivity contribution is -0.0417. The number of hydrogen-bond donors (Lipinski definition) is 1. The average molecular weight is 314 g/mol. The first-order chi connectivity index (χ1) is 10.1. The molecule has 3 rings (SSSR count). The second-order valence-corrected chi connectivity index (χ2v) is 6.78. The van der Waals surface area contributed by atoms with Crippen LogP contribution in [0.1, 0.15) is 17.5 Å². The van der Waals surface area contributed by atoms with E-state index in [1.807, 2.05) is 0 Å². The molecule has 0 aromatic heterocycles. The van der Waals surface area contributed by atoms with Gasteiger partial charge in [0.1, 0.15) is 5.82 Å². The molecule has 0 radical (unpaired) electrons. The summed E-state index contributed by atoms with van der Waals surface area (Å²) in [7, 11) is 0. The average Bonchev–Trinajstić information content (AvgIpc) is 2.86. The number of hydrogen-bond acceptors (Lipinski definition) is 3. The maximum absolute atomic E-state index is 14.3. The van der Waals surface area contributed by atoms with Gasteiger partial charge in [-0.15, -0.1) is 0 Å². The van der Waals surface area contributed by atoms with Crippen molar-refractivity contribution in [3.8, 4) is 0 Å². The minimum absolute atomic E-state index is 0.0922. The molecule has 0 saturated carbocycles. The van der Waals surface area contributed by atoms with E-state index in [0.717, 1.165) is 19.5 Å². The molecule has 2 heterocycles. The van der Waals surface area contributed by atoms with Crippen molar-refractivity contribution in [2.75, 3.05) is 32.9 Å². The number of aliphatic hydroxyl groups excluding tert-OH is 1. The highest BCUT2D eigenvalue weighted by molar-refractivity contribution is 6.31. The summed E-state index contributed by atoms with van der Waals surface area (Å²) >= 11 is 6.16. The lowest BCUT2D eigenvalue weighted by Gasteiger charge is -2.36. The highest BCUT2D eigenvalue weighted by atomic mass is 35.5. The molecule has 1 N–H and O–H groups in total. The van der Waals surface area contributed by atoms with Gasteiger partial charge in [-0.1, -0.05) is 17.7 Å². The van der Waals surface area contributed by atoms with E-state index in [-0.39, 0.29) is 17.8 Å². The molecular weight excluding hydrogens is 293 g/mol. The number of ether oxygens (including phenoxy) is 1. The van der Waals surface area contributed by atoms with Gasteiger partial charge in [0.05, 0.1) is 13.2 Å². The third-order valence-corrected chi connectivity index (χ3v) is 5.38. The zero-order valence-corrected chi connectivity index (χ0v) is 13.0. The molecule has 1 aromatic carbocycles. The number of halogens is 2. The highest BCUT2D eigenvalue weighted by Crippen LogP contribution is 2.42. The highest BCUT2D eigenvalue weighted by Gasteiger charge is 2.47. The van der Waals surface area contributed by atoms with Crippen LogP contribution in [-0.4, -0.2) is 42.9 Å². The predicted octanol–water partition coefficient (Wildman–Crippen LogP) is 2.62. The van der Waals surface area contributed by atoms with Crippen LogP contribution >= 0.6 is 11.6 Å². The first kappa shape index (κ1) is 15.2. The van der Waals surface area contributed by atoms with Crippen LogP contribution in [0.5, 0.6) is 0 Å². The van der Waals surface area contributed by atoms with Gasteiger partial charge in [-0.3, -0.25) is 4.90 Å². The SMILES string of the molecule is Cc1ccc(Cl)c(CN2C[C@@H]3COCC[C@]3(CO)C2)c1F. The molecule has 2 aliphatic rings. The maximum atomic E-state index is 14.3. The Hall–Kier alpha value is -0.680. The molecule has 116 valence electrons. The van der Waals surface area contributed by atoms with Crippen LogP contribution in [0, 0.1) is 24.1 Å². The number of likely N-dealkylation sites (tertiary alicyclic amines) is 1. The van der Waals surface area contributed by atoms with Gasteiger partial charge in [0.25, 0.3) is 0 Å². The molecule has 0 spiro atoms. The van der Waals surface area contributed by atoms with Crippen molar-refractivity contribution >= 4 is 11.6 Å². The van der Waals surface area contributed by atoms with Crippen LogP contribution in [-0.2, 0) is 11.3 Å². The normalized spacial score (nSPS) is 29.6. The van der Waals surface area contributed by atoms with Gasteiger partial charge >= 0.3 is 0 Å². The number of fused-ring (bicyclic) bond motifs is 1. The van der Waals surface area contributed by atoms with E-state index >= 15 is 0 Å². The number of benzene rings is 1. The number of aliphatic hydroxyl groups is 1. The molecular formula is C16H21ClFNO2. The van der Waals surface area contributed by atoms with E-state index in [9.17, 15) is 9.50 Å². The lowest BCUT2D eigenvalue weighted by Crippen LogP contribution is -2.41. The molecule has 0 bridgehead atoms. The number of rotatable bonds is 3. The van der Waals surface area contributed by atoms with Crippen molar-refractivity contribution in [2.45, 2.75) is 19.9 Å². The van der Waals surface area contributed by atoms with Gasteiger partial charge in [0.15, 0.2) is 0 Å². The predicted molar refractivity (Wildman–Crippen MR) is 79.9 cm³/mol. The summed E-state index contributed by atoms with van der Waals surface area (Å²) in [6.07, 6.45) is 0.870. The summed E-state index contributed by atoms with van der Waals surface area (Å²) in [4.78, 5) is 2.19. The molecule has 5 heteroatoms. The van der Waals surface area contributed by atoms with Gasteiger partial charge in [0, 0.05) is 48.2 Å². The fraction of sp³-hybridized carbons (Fsp3) is 0.625. The second-order valence-electron chi connectivity index (χ2n) is 6.37. The topological polar surface area (TPSA) is 32.7 Å². The zero-order chi connectivity index (χ0) is 15.0. The Morgan fingerprint density at radius 1 is 1.52 bits per heavy atom. The monoisotopic (exact) mass is 313 g/mol. The lowest BCUT2D eigenvalue weighted by atomic mass is 9.75. The maximum Gasteiger partial charge on any atom is 0.132 e. The van der Waals surface area contributed by atoms with E-state index in [2.05, 4.69) is 4.90 Å². The number of aryl methyl sites for hydroxylation is 1. The van der Waals surface area contributed by atoms with Crippen LogP contribution in [0.4, 0.5) is 4.39 Å². The minimum Gasteiger partial charge on any atom is -0.396 e. The first-order valence-electron chi connectivity index (χ1n) is 7.40. The summed E-state index contributed by atoms with van der Waals surface area (Å²) in [5.41, 5.74) is 1.08. The summed E-state index contributed by atoms with van der Waals surface area (Å²) in [5, 5.41) is 10.3. The molecule has 0 aliphatic carbocycles.